The largest absolute Gasteiger partial charge is 0.270 e. The van der Waals surface area contributed by atoms with E-state index in [9.17, 15) is 0 Å². The Morgan fingerprint density at radius 3 is 2.58 bits per heavy atom. The second-order valence-electron chi connectivity index (χ2n) is 2.51. The Morgan fingerprint density at radius 2 is 2.17 bits per heavy atom. The third kappa shape index (κ3) is 5.43. The van der Waals surface area contributed by atoms with E-state index in [0.717, 1.165) is 0 Å². The van der Waals surface area contributed by atoms with E-state index in [2.05, 4.69) is 28.5 Å². The minimum Gasteiger partial charge on any atom is -0.270 e. The van der Waals surface area contributed by atoms with Crippen molar-refractivity contribution in [1.29, 1.82) is 0 Å². The van der Waals surface area contributed by atoms with Crippen LogP contribution >= 0.6 is 0 Å². The normalized spacial score (nSPS) is 11.5. The van der Waals surface area contributed by atoms with Crippen molar-refractivity contribution in [2.24, 2.45) is 15.9 Å². The van der Waals surface area contributed by atoms with Crippen LogP contribution < -0.4 is 0 Å². The predicted molar refractivity (Wildman–Crippen MR) is 54.4 cm³/mol. The van der Waals surface area contributed by atoms with Crippen molar-refractivity contribution in [2.45, 2.75) is 20.8 Å². The summed E-state index contributed by atoms with van der Waals surface area (Å²) in [5.74, 6) is 6.25. The summed E-state index contributed by atoms with van der Waals surface area (Å²) in [6, 6.07) is 0. The fourth-order valence-corrected chi connectivity index (χ4v) is 0.542. The second-order valence-corrected chi connectivity index (χ2v) is 2.51. The summed E-state index contributed by atoms with van der Waals surface area (Å²) in [5, 5.41) is 0. The lowest BCUT2D eigenvalue weighted by molar-refractivity contribution is 0.866. The molecule has 0 N–H and O–H groups in total. The van der Waals surface area contributed by atoms with Crippen LogP contribution in [0.25, 0.3) is 0 Å². The summed E-state index contributed by atoms with van der Waals surface area (Å²) < 4.78 is 0. The molecule has 0 aromatic carbocycles. The quantitative estimate of drug-likeness (QED) is 0.439. The molecule has 0 aliphatic rings. The van der Waals surface area contributed by atoms with Crippen LogP contribution in [0, 0.1) is 17.8 Å². The number of aliphatic imine (C=N–C) groups is 2. The third-order valence-electron chi connectivity index (χ3n) is 0.971. The molecule has 0 heterocycles. The minimum absolute atomic E-state index is 0.352. The Balaban J connectivity index is 4.47. The minimum atomic E-state index is 0.352. The van der Waals surface area contributed by atoms with E-state index < -0.39 is 0 Å². The summed E-state index contributed by atoms with van der Waals surface area (Å²) in [7, 11) is 0. The van der Waals surface area contributed by atoms with Gasteiger partial charge in [0.1, 0.15) is 5.70 Å². The number of nitrogens with zero attached hydrogens (tertiary/aromatic N) is 2. The molecule has 2 nitrogen and oxygen atoms in total. The van der Waals surface area contributed by atoms with E-state index in [1.165, 1.54) is 0 Å². The van der Waals surface area contributed by atoms with Gasteiger partial charge in [0.15, 0.2) is 0 Å². The molecule has 64 valence electrons. The summed E-state index contributed by atoms with van der Waals surface area (Å²) in [6.07, 6.45) is 3.24. The van der Waals surface area contributed by atoms with Crippen LogP contribution in [-0.4, -0.2) is 12.9 Å². The molecule has 0 spiro atoms. The van der Waals surface area contributed by atoms with Gasteiger partial charge in [-0.1, -0.05) is 19.8 Å². The highest BCUT2D eigenvalue weighted by atomic mass is 14.8. The van der Waals surface area contributed by atoms with Crippen molar-refractivity contribution >= 4 is 12.9 Å². The summed E-state index contributed by atoms with van der Waals surface area (Å²) in [5.41, 5.74) is 0.654. The second kappa shape index (κ2) is 6.36. The molecule has 0 fully saturated rings. The maximum Gasteiger partial charge on any atom is 0.130 e. The molecular formula is C10H14N2. The van der Waals surface area contributed by atoms with Gasteiger partial charge in [0.25, 0.3) is 0 Å². The standard InChI is InChI=1S/C10H14N2/c1-5-12-10(8-11-4)7-6-9(2)3/h5,8-9H,4H2,1-3H3/b10-8-,12-5?. The van der Waals surface area contributed by atoms with Gasteiger partial charge < -0.3 is 0 Å². The van der Waals surface area contributed by atoms with Crippen molar-refractivity contribution in [3.8, 4) is 11.8 Å². The van der Waals surface area contributed by atoms with Crippen LogP contribution in [0.15, 0.2) is 21.9 Å². The van der Waals surface area contributed by atoms with E-state index in [1.807, 2.05) is 20.8 Å². The Morgan fingerprint density at radius 1 is 1.50 bits per heavy atom. The van der Waals surface area contributed by atoms with Gasteiger partial charge in [0, 0.05) is 12.1 Å². The SMILES string of the molecule is C=N/C=C(/C#CC(C)C)N=CC. The predicted octanol–water partition coefficient (Wildman–Crippen LogP) is 2.28. The highest BCUT2D eigenvalue weighted by Crippen LogP contribution is 1.95. The number of hydrogen-bond donors (Lipinski definition) is 0. The fraction of sp³-hybridized carbons (Fsp3) is 0.400. The Bertz CT molecular complexity index is 249. The van der Waals surface area contributed by atoms with Gasteiger partial charge in [0.05, 0.1) is 6.20 Å². The smallest absolute Gasteiger partial charge is 0.130 e. The zero-order valence-corrected chi connectivity index (χ0v) is 7.83. The first-order valence-corrected chi connectivity index (χ1v) is 3.87. The van der Waals surface area contributed by atoms with Crippen molar-refractivity contribution in [1.82, 2.24) is 0 Å². The highest BCUT2D eigenvalue weighted by molar-refractivity contribution is 5.57. The van der Waals surface area contributed by atoms with Crippen LogP contribution in [-0.2, 0) is 0 Å². The van der Waals surface area contributed by atoms with Gasteiger partial charge in [-0.15, -0.1) is 0 Å². The molecule has 0 aromatic heterocycles. The molecule has 0 saturated carbocycles. The molecule has 0 aromatic rings. The van der Waals surface area contributed by atoms with Crippen LogP contribution in [0.5, 0.6) is 0 Å². The van der Waals surface area contributed by atoms with E-state index in [1.54, 1.807) is 12.4 Å². The molecular weight excluding hydrogens is 148 g/mol. The average Bonchev–Trinajstić information content (AvgIpc) is 2.01. The summed E-state index contributed by atoms with van der Waals surface area (Å²) in [4.78, 5) is 7.62. The van der Waals surface area contributed by atoms with Crippen molar-refractivity contribution in [3.63, 3.8) is 0 Å². The topological polar surface area (TPSA) is 24.7 Å². The van der Waals surface area contributed by atoms with Gasteiger partial charge in [-0.05, 0) is 19.6 Å². The van der Waals surface area contributed by atoms with Crippen molar-refractivity contribution in [2.75, 3.05) is 0 Å². The van der Waals surface area contributed by atoms with Crippen LogP contribution in [0.4, 0.5) is 0 Å². The number of allylic oxidation sites excluding steroid dienone is 1. The van der Waals surface area contributed by atoms with Gasteiger partial charge in [-0.2, -0.15) is 0 Å². The molecule has 12 heavy (non-hydrogen) atoms. The first kappa shape index (κ1) is 10.6. The summed E-state index contributed by atoms with van der Waals surface area (Å²) in [6.45, 7) is 9.24. The first-order valence-electron chi connectivity index (χ1n) is 3.87. The Kier molecular flexibility index (Phi) is 5.64. The maximum absolute atomic E-state index is 4.01. The van der Waals surface area contributed by atoms with Gasteiger partial charge >= 0.3 is 0 Å². The monoisotopic (exact) mass is 162 g/mol. The molecule has 0 saturated heterocycles. The number of rotatable bonds is 2. The Hall–Kier alpha value is -1.36. The van der Waals surface area contributed by atoms with E-state index in [-0.39, 0.29) is 0 Å². The van der Waals surface area contributed by atoms with Crippen molar-refractivity contribution in [3.05, 3.63) is 11.9 Å². The number of hydrogen-bond acceptors (Lipinski definition) is 2. The lowest BCUT2D eigenvalue weighted by atomic mass is 10.2. The molecule has 0 atom stereocenters. The lowest BCUT2D eigenvalue weighted by Gasteiger charge is -1.88. The van der Waals surface area contributed by atoms with Crippen molar-refractivity contribution < 1.29 is 0 Å². The van der Waals surface area contributed by atoms with Crippen LogP contribution in [0.3, 0.4) is 0 Å². The molecule has 0 aliphatic heterocycles. The summed E-state index contributed by atoms with van der Waals surface area (Å²) >= 11 is 0. The van der Waals surface area contributed by atoms with Gasteiger partial charge in [0.2, 0.25) is 0 Å². The molecule has 0 amide bonds. The molecule has 0 rings (SSSR count). The molecule has 0 radical (unpaired) electrons. The molecule has 0 bridgehead atoms. The van der Waals surface area contributed by atoms with Crippen LogP contribution in [0.2, 0.25) is 0 Å². The lowest BCUT2D eigenvalue weighted by Crippen LogP contribution is -1.79. The van der Waals surface area contributed by atoms with E-state index in [4.69, 9.17) is 0 Å². The molecule has 2 heteroatoms. The Labute approximate surface area is 74.1 Å². The molecule has 0 unspecified atom stereocenters. The van der Waals surface area contributed by atoms with Gasteiger partial charge in [-0.25, -0.2) is 0 Å². The zero-order valence-electron chi connectivity index (χ0n) is 7.83. The zero-order chi connectivity index (χ0) is 9.40. The third-order valence-corrected chi connectivity index (χ3v) is 0.971. The molecule has 0 aliphatic carbocycles. The average molecular weight is 162 g/mol. The fourth-order valence-electron chi connectivity index (χ4n) is 0.542. The van der Waals surface area contributed by atoms with Crippen LogP contribution in [0.1, 0.15) is 20.8 Å². The highest BCUT2D eigenvalue weighted by Gasteiger charge is 1.85. The first-order chi connectivity index (χ1) is 5.70. The van der Waals surface area contributed by atoms with E-state index >= 15 is 0 Å². The van der Waals surface area contributed by atoms with E-state index in [0.29, 0.717) is 11.6 Å². The maximum atomic E-state index is 4.01. The van der Waals surface area contributed by atoms with Gasteiger partial charge in [-0.3, -0.25) is 9.98 Å².